The highest BCUT2D eigenvalue weighted by atomic mass is 35.5. The average Bonchev–Trinajstić information content (AvgIpc) is 2.81. The molecule has 1 aromatic heterocycles. The zero-order valence-corrected chi connectivity index (χ0v) is 19.6. The third-order valence-corrected chi connectivity index (χ3v) is 7.35. The van der Waals surface area contributed by atoms with Gasteiger partial charge in [0.25, 0.3) is 0 Å². The second-order valence-electron chi connectivity index (χ2n) is 8.12. The van der Waals surface area contributed by atoms with Crippen molar-refractivity contribution in [2.24, 2.45) is 0 Å². The molecule has 2 unspecified atom stereocenters. The number of amides is 1. The number of rotatable bonds is 5. The van der Waals surface area contributed by atoms with Gasteiger partial charge in [0, 0.05) is 16.4 Å². The number of anilines is 1. The lowest BCUT2D eigenvalue weighted by atomic mass is 9.82. The molecule has 2 aromatic carbocycles. The molecular formula is C26H24ClN3OS. The van der Waals surface area contributed by atoms with Crippen molar-refractivity contribution in [3.8, 4) is 6.07 Å². The topological polar surface area (TPSA) is 65.8 Å². The number of nitrogens with one attached hydrogen (secondary N) is 1. The number of aromatic nitrogens is 1. The first-order valence-electron chi connectivity index (χ1n) is 10.7. The minimum Gasteiger partial charge on any atom is -0.325 e. The molecule has 0 bridgehead atoms. The summed E-state index contributed by atoms with van der Waals surface area (Å²) in [6, 6.07) is 20.2. The summed E-state index contributed by atoms with van der Waals surface area (Å²) in [4.78, 5) is 17.5. The molecule has 6 heteroatoms. The van der Waals surface area contributed by atoms with Crippen LogP contribution in [0.15, 0.2) is 59.6 Å². The average molecular weight is 462 g/mol. The fourth-order valence-electron chi connectivity index (χ4n) is 3.96. The number of aryl methyl sites for hydroxylation is 2. The quantitative estimate of drug-likeness (QED) is 0.452. The van der Waals surface area contributed by atoms with Crippen LogP contribution in [0.2, 0.25) is 5.02 Å². The molecule has 0 saturated heterocycles. The maximum absolute atomic E-state index is 12.7. The van der Waals surface area contributed by atoms with Crippen LogP contribution < -0.4 is 5.32 Å². The Balaban J connectivity index is 1.49. The van der Waals surface area contributed by atoms with E-state index in [-0.39, 0.29) is 5.91 Å². The summed E-state index contributed by atoms with van der Waals surface area (Å²) in [5, 5.41) is 13.4. The van der Waals surface area contributed by atoms with Gasteiger partial charge in [-0.3, -0.25) is 4.79 Å². The molecule has 2 atom stereocenters. The molecule has 1 amide bonds. The van der Waals surface area contributed by atoms with Crippen molar-refractivity contribution in [1.29, 1.82) is 5.26 Å². The first kappa shape index (κ1) is 22.4. The van der Waals surface area contributed by atoms with Crippen LogP contribution in [0.1, 0.15) is 47.2 Å². The molecule has 0 saturated carbocycles. The van der Waals surface area contributed by atoms with Crippen LogP contribution in [-0.4, -0.2) is 16.1 Å². The molecule has 32 heavy (non-hydrogen) atoms. The van der Waals surface area contributed by atoms with E-state index in [1.807, 2.05) is 38.1 Å². The predicted molar refractivity (Wildman–Crippen MR) is 130 cm³/mol. The zero-order chi connectivity index (χ0) is 22.7. The van der Waals surface area contributed by atoms with E-state index in [1.54, 1.807) is 6.07 Å². The highest BCUT2D eigenvalue weighted by molar-refractivity contribution is 8.00. The van der Waals surface area contributed by atoms with Crippen molar-refractivity contribution in [2.45, 2.75) is 49.3 Å². The minimum atomic E-state index is -0.409. The molecule has 1 N–H and O–H groups in total. The first-order valence-corrected chi connectivity index (χ1v) is 11.9. The maximum atomic E-state index is 12.7. The van der Waals surface area contributed by atoms with E-state index < -0.39 is 5.25 Å². The Labute approximate surface area is 198 Å². The van der Waals surface area contributed by atoms with Crippen LogP contribution in [0, 0.1) is 18.3 Å². The van der Waals surface area contributed by atoms with E-state index in [0.29, 0.717) is 27.2 Å². The Hall–Kier alpha value is -2.81. The Morgan fingerprint density at radius 3 is 2.75 bits per heavy atom. The molecule has 3 aromatic rings. The lowest BCUT2D eigenvalue weighted by Crippen LogP contribution is -2.23. The van der Waals surface area contributed by atoms with Gasteiger partial charge < -0.3 is 5.32 Å². The van der Waals surface area contributed by atoms with Crippen molar-refractivity contribution >= 4 is 35.0 Å². The number of carbonyl (C=O) groups excluding carboxylic acids is 1. The number of pyridine rings is 1. The predicted octanol–water partition coefficient (Wildman–Crippen LogP) is 6.31. The number of nitrogens with zero attached hydrogens (tertiary/aromatic N) is 2. The number of nitriles is 1. The Bertz CT molecular complexity index is 1190. The summed E-state index contributed by atoms with van der Waals surface area (Å²) in [5.41, 5.74) is 5.65. The van der Waals surface area contributed by atoms with Gasteiger partial charge in [0.1, 0.15) is 11.1 Å². The smallest absolute Gasteiger partial charge is 0.237 e. The van der Waals surface area contributed by atoms with Gasteiger partial charge in [0.2, 0.25) is 5.91 Å². The van der Waals surface area contributed by atoms with Crippen molar-refractivity contribution < 1.29 is 4.79 Å². The molecule has 1 heterocycles. The van der Waals surface area contributed by atoms with Crippen molar-refractivity contribution in [3.05, 3.63) is 87.6 Å². The second-order valence-corrected chi connectivity index (χ2v) is 9.86. The molecule has 0 spiro atoms. The fourth-order valence-corrected chi connectivity index (χ4v) is 5.04. The number of carbonyl (C=O) groups is 1. The lowest BCUT2D eigenvalue weighted by molar-refractivity contribution is -0.115. The van der Waals surface area contributed by atoms with Crippen molar-refractivity contribution in [2.75, 3.05) is 5.32 Å². The van der Waals surface area contributed by atoms with Gasteiger partial charge in [0.05, 0.1) is 10.8 Å². The normalized spacial score (nSPS) is 16.0. The maximum Gasteiger partial charge on any atom is 0.237 e. The molecule has 1 aliphatic rings. The summed E-state index contributed by atoms with van der Waals surface area (Å²) in [6.07, 6.45) is 2.79. The van der Waals surface area contributed by atoms with E-state index in [0.717, 1.165) is 36.1 Å². The first-order chi connectivity index (χ1) is 15.4. The van der Waals surface area contributed by atoms with Gasteiger partial charge in [-0.2, -0.15) is 5.26 Å². The van der Waals surface area contributed by atoms with Crippen LogP contribution in [0.25, 0.3) is 0 Å². The lowest BCUT2D eigenvalue weighted by Gasteiger charge is -2.25. The zero-order valence-electron chi connectivity index (χ0n) is 18.1. The fraction of sp³-hybridized carbons (Fsp3) is 0.269. The SMILES string of the molecule is Cc1ccc(NC(=O)C(C)Sc2nc3c(cc2C#N)CC(c2ccccc2)CC3)cc1Cl. The highest BCUT2D eigenvalue weighted by Gasteiger charge is 2.25. The standard InChI is InChI=1S/C26H24ClN3OS/c1-16-8-10-22(14-23(16)27)29-25(31)17(2)32-26-21(15-28)13-20-12-19(9-11-24(20)30-26)18-6-4-3-5-7-18/h3-8,10,13-14,17,19H,9,11-12H2,1-2H3,(H,29,31). The molecule has 162 valence electrons. The van der Waals surface area contributed by atoms with Crippen LogP contribution in [0.5, 0.6) is 0 Å². The molecule has 0 fully saturated rings. The molecule has 0 aliphatic heterocycles. The monoisotopic (exact) mass is 461 g/mol. The van der Waals surface area contributed by atoms with Crippen molar-refractivity contribution in [1.82, 2.24) is 4.98 Å². The molecule has 1 aliphatic carbocycles. The van der Waals surface area contributed by atoms with Crippen LogP contribution in [0.4, 0.5) is 5.69 Å². The Morgan fingerprint density at radius 1 is 1.25 bits per heavy atom. The largest absolute Gasteiger partial charge is 0.325 e. The number of fused-ring (bicyclic) bond motifs is 1. The molecular weight excluding hydrogens is 438 g/mol. The van der Waals surface area contributed by atoms with E-state index in [9.17, 15) is 10.1 Å². The van der Waals surface area contributed by atoms with Crippen LogP contribution >= 0.6 is 23.4 Å². The number of halogens is 1. The van der Waals surface area contributed by atoms with Crippen molar-refractivity contribution in [3.63, 3.8) is 0 Å². The third-order valence-electron chi connectivity index (χ3n) is 5.84. The Morgan fingerprint density at radius 2 is 2.03 bits per heavy atom. The van der Waals surface area contributed by atoms with Gasteiger partial charge in [-0.1, -0.05) is 59.8 Å². The van der Waals surface area contributed by atoms with E-state index in [4.69, 9.17) is 16.6 Å². The molecule has 0 radical (unpaired) electrons. The summed E-state index contributed by atoms with van der Waals surface area (Å²) < 4.78 is 0. The number of thioether (sulfide) groups is 1. The number of hydrogen-bond acceptors (Lipinski definition) is 4. The number of hydrogen-bond donors (Lipinski definition) is 1. The van der Waals surface area contributed by atoms with Gasteiger partial charge >= 0.3 is 0 Å². The summed E-state index contributed by atoms with van der Waals surface area (Å²) in [5.74, 6) is 0.295. The van der Waals surface area contributed by atoms with Gasteiger partial charge in [-0.05, 0) is 73.9 Å². The summed E-state index contributed by atoms with van der Waals surface area (Å²) >= 11 is 7.48. The van der Waals surface area contributed by atoms with E-state index in [1.165, 1.54) is 17.3 Å². The van der Waals surface area contributed by atoms with E-state index in [2.05, 4.69) is 35.7 Å². The molecule has 4 nitrogen and oxygen atoms in total. The summed E-state index contributed by atoms with van der Waals surface area (Å²) in [7, 11) is 0. The van der Waals surface area contributed by atoms with Gasteiger partial charge in [-0.15, -0.1) is 0 Å². The Kier molecular flexibility index (Phi) is 6.83. The highest BCUT2D eigenvalue weighted by Crippen LogP contribution is 2.35. The third kappa shape index (κ3) is 4.98. The van der Waals surface area contributed by atoms with Gasteiger partial charge in [0.15, 0.2) is 0 Å². The van der Waals surface area contributed by atoms with E-state index >= 15 is 0 Å². The minimum absolute atomic E-state index is 0.150. The summed E-state index contributed by atoms with van der Waals surface area (Å²) in [6.45, 7) is 3.74. The molecule has 4 rings (SSSR count). The second kappa shape index (κ2) is 9.77. The number of benzene rings is 2. The van der Waals surface area contributed by atoms with Crippen LogP contribution in [-0.2, 0) is 17.6 Å². The van der Waals surface area contributed by atoms with Gasteiger partial charge in [-0.25, -0.2) is 4.98 Å². The van der Waals surface area contributed by atoms with Crippen LogP contribution in [0.3, 0.4) is 0 Å².